The van der Waals surface area contributed by atoms with Crippen LogP contribution in [0.15, 0.2) is 30.3 Å². The average Bonchev–Trinajstić information content (AvgIpc) is 2.43. The molecule has 0 radical (unpaired) electrons. The number of fused-ring (bicyclic) bond motifs is 1. The van der Waals surface area contributed by atoms with Crippen molar-refractivity contribution in [2.24, 2.45) is 0 Å². The quantitative estimate of drug-likeness (QED) is 0.925. The number of hydrogen-bond donors (Lipinski definition) is 1. The molecule has 0 atom stereocenters. The summed E-state index contributed by atoms with van der Waals surface area (Å²) < 4.78 is 0. The topological polar surface area (TPSA) is 70.5 Å². The van der Waals surface area contributed by atoms with Crippen LogP contribution >= 0.6 is 0 Å². The zero-order valence-electron chi connectivity index (χ0n) is 11.5. The van der Waals surface area contributed by atoms with Gasteiger partial charge in [-0.25, -0.2) is 0 Å². The largest absolute Gasteiger partial charge is 0.481 e. The minimum absolute atomic E-state index is 0.0590. The third-order valence-electron chi connectivity index (χ3n) is 3.08. The summed E-state index contributed by atoms with van der Waals surface area (Å²) in [5.41, 5.74) is 2.31. The molecule has 1 aromatic heterocycles. The van der Waals surface area contributed by atoms with E-state index in [1.807, 2.05) is 19.1 Å². The van der Waals surface area contributed by atoms with Gasteiger partial charge in [0, 0.05) is 30.2 Å². The van der Waals surface area contributed by atoms with Crippen molar-refractivity contribution in [1.82, 2.24) is 9.88 Å². The molecular weight excluding hydrogens is 256 g/mol. The molecule has 1 heterocycles. The average molecular weight is 272 g/mol. The molecule has 1 N–H and O–H groups in total. The van der Waals surface area contributed by atoms with Gasteiger partial charge in [-0.1, -0.05) is 6.07 Å². The van der Waals surface area contributed by atoms with Gasteiger partial charge in [-0.2, -0.15) is 0 Å². The van der Waals surface area contributed by atoms with E-state index in [-0.39, 0.29) is 18.9 Å². The van der Waals surface area contributed by atoms with Crippen LogP contribution in [0, 0.1) is 6.92 Å². The standard InChI is InChI=1S/C15H16N2O3/c1-10-3-4-11-9-12(5-6-13(11)16-10)15(20)17(2)8-7-14(18)19/h3-6,9H,7-8H2,1-2H3,(H,18,19). The van der Waals surface area contributed by atoms with Crippen LogP contribution in [-0.2, 0) is 4.79 Å². The fourth-order valence-electron chi connectivity index (χ4n) is 1.95. The van der Waals surface area contributed by atoms with Gasteiger partial charge in [-0.3, -0.25) is 14.6 Å². The van der Waals surface area contributed by atoms with Crippen LogP contribution in [-0.4, -0.2) is 40.5 Å². The Labute approximate surface area is 116 Å². The van der Waals surface area contributed by atoms with Gasteiger partial charge in [-0.05, 0) is 31.2 Å². The van der Waals surface area contributed by atoms with Crippen molar-refractivity contribution in [3.05, 3.63) is 41.6 Å². The zero-order valence-corrected chi connectivity index (χ0v) is 11.5. The SMILES string of the molecule is Cc1ccc2cc(C(=O)N(C)CCC(=O)O)ccc2n1. The number of carbonyl (C=O) groups excluding carboxylic acids is 1. The highest BCUT2D eigenvalue weighted by molar-refractivity contribution is 5.97. The van der Waals surface area contributed by atoms with Crippen LogP contribution in [0.1, 0.15) is 22.5 Å². The maximum Gasteiger partial charge on any atom is 0.305 e. The molecular formula is C15H16N2O3. The highest BCUT2D eigenvalue weighted by Gasteiger charge is 2.13. The van der Waals surface area contributed by atoms with E-state index in [2.05, 4.69) is 4.98 Å². The van der Waals surface area contributed by atoms with Gasteiger partial charge in [0.1, 0.15) is 0 Å². The highest BCUT2D eigenvalue weighted by Crippen LogP contribution is 2.16. The first kappa shape index (κ1) is 14.0. The summed E-state index contributed by atoms with van der Waals surface area (Å²) >= 11 is 0. The third kappa shape index (κ3) is 3.12. The number of hydrogen-bond acceptors (Lipinski definition) is 3. The molecule has 0 saturated heterocycles. The molecule has 5 nitrogen and oxygen atoms in total. The first-order valence-electron chi connectivity index (χ1n) is 6.32. The number of benzene rings is 1. The Balaban J connectivity index is 2.22. The number of rotatable bonds is 4. The number of carboxylic acid groups (broad SMARTS) is 1. The van der Waals surface area contributed by atoms with Crippen LogP contribution in [0.3, 0.4) is 0 Å². The molecule has 0 spiro atoms. The number of aromatic nitrogens is 1. The number of pyridine rings is 1. The van der Waals surface area contributed by atoms with E-state index in [1.54, 1.807) is 25.2 Å². The molecule has 2 rings (SSSR count). The normalized spacial score (nSPS) is 10.5. The number of carboxylic acids is 1. The maximum absolute atomic E-state index is 12.2. The number of aryl methyl sites for hydroxylation is 1. The fourth-order valence-corrected chi connectivity index (χ4v) is 1.95. The lowest BCUT2D eigenvalue weighted by atomic mass is 10.1. The van der Waals surface area contributed by atoms with E-state index in [4.69, 9.17) is 5.11 Å². The molecule has 20 heavy (non-hydrogen) atoms. The molecule has 0 aliphatic carbocycles. The van der Waals surface area contributed by atoms with Gasteiger partial charge in [-0.15, -0.1) is 0 Å². The molecule has 0 aliphatic rings. The summed E-state index contributed by atoms with van der Waals surface area (Å²) in [4.78, 5) is 28.5. The van der Waals surface area contributed by atoms with Crippen LogP contribution in [0.4, 0.5) is 0 Å². The second-order valence-corrected chi connectivity index (χ2v) is 4.73. The van der Waals surface area contributed by atoms with Gasteiger partial charge in [0.15, 0.2) is 0 Å². The first-order valence-corrected chi connectivity index (χ1v) is 6.32. The van der Waals surface area contributed by atoms with Crippen LogP contribution in [0.25, 0.3) is 10.9 Å². The second-order valence-electron chi connectivity index (χ2n) is 4.73. The molecule has 2 aromatic rings. The number of amides is 1. The minimum Gasteiger partial charge on any atom is -0.481 e. The van der Waals surface area contributed by atoms with Crippen molar-refractivity contribution >= 4 is 22.8 Å². The Bertz CT molecular complexity index is 667. The lowest BCUT2D eigenvalue weighted by Gasteiger charge is -2.16. The van der Waals surface area contributed by atoms with Gasteiger partial charge in [0.2, 0.25) is 0 Å². The van der Waals surface area contributed by atoms with Crippen molar-refractivity contribution in [3.8, 4) is 0 Å². The van der Waals surface area contributed by atoms with Gasteiger partial charge in [0.05, 0.1) is 11.9 Å². The van der Waals surface area contributed by atoms with Crippen molar-refractivity contribution in [2.45, 2.75) is 13.3 Å². The zero-order chi connectivity index (χ0) is 14.7. The molecule has 0 bridgehead atoms. The minimum atomic E-state index is -0.914. The Hall–Kier alpha value is -2.43. The molecule has 0 fully saturated rings. The van der Waals surface area contributed by atoms with E-state index in [1.165, 1.54) is 4.90 Å². The van der Waals surface area contributed by atoms with Crippen molar-refractivity contribution in [3.63, 3.8) is 0 Å². The fraction of sp³-hybridized carbons (Fsp3) is 0.267. The van der Waals surface area contributed by atoms with Crippen LogP contribution < -0.4 is 0 Å². The lowest BCUT2D eigenvalue weighted by Crippen LogP contribution is -2.29. The van der Waals surface area contributed by atoms with Crippen molar-refractivity contribution in [2.75, 3.05) is 13.6 Å². The van der Waals surface area contributed by atoms with Crippen molar-refractivity contribution in [1.29, 1.82) is 0 Å². The third-order valence-corrected chi connectivity index (χ3v) is 3.08. The Morgan fingerprint density at radius 3 is 2.70 bits per heavy atom. The summed E-state index contributed by atoms with van der Waals surface area (Å²) in [5.74, 6) is -1.10. The number of aliphatic carboxylic acids is 1. The molecule has 1 aromatic carbocycles. The molecule has 0 saturated carbocycles. The van der Waals surface area contributed by atoms with Gasteiger partial charge < -0.3 is 10.0 Å². The molecule has 5 heteroatoms. The van der Waals surface area contributed by atoms with E-state index >= 15 is 0 Å². The monoisotopic (exact) mass is 272 g/mol. The predicted molar refractivity (Wildman–Crippen MR) is 75.7 cm³/mol. The van der Waals surface area contributed by atoms with E-state index in [0.717, 1.165) is 16.6 Å². The Morgan fingerprint density at radius 2 is 2.00 bits per heavy atom. The molecule has 104 valence electrons. The van der Waals surface area contributed by atoms with E-state index in [0.29, 0.717) is 5.56 Å². The molecule has 1 amide bonds. The highest BCUT2D eigenvalue weighted by atomic mass is 16.4. The predicted octanol–water partition coefficient (Wildman–Crippen LogP) is 2.09. The maximum atomic E-state index is 12.2. The van der Waals surface area contributed by atoms with E-state index < -0.39 is 5.97 Å². The Kier molecular flexibility index (Phi) is 3.98. The lowest BCUT2D eigenvalue weighted by molar-refractivity contribution is -0.137. The molecule has 0 unspecified atom stereocenters. The van der Waals surface area contributed by atoms with Gasteiger partial charge >= 0.3 is 5.97 Å². The van der Waals surface area contributed by atoms with Crippen molar-refractivity contribution < 1.29 is 14.7 Å². The molecule has 0 aliphatic heterocycles. The second kappa shape index (κ2) is 5.69. The van der Waals surface area contributed by atoms with Gasteiger partial charge in [0.25, 0.3) is 5.91 Å². The smallest absolute Gasteiger partial charge is 0.305 e. The van der Waals surface area contributed by atoms with Crippen LogP contribution in [0.5, 0.6) is 0 Å². The number of nitrogens with zero attached hydrogens (tertiary/aromatic N) is 2. The summed E-state index contributed by atoms with van der Waals surface area (Å²) in [6.45, 7) is 2.11. The number of carbonyl (C=O) groups is 2. The summed E-state index contributed by atoms with van der Waals surface area (Å²) in [6.07, 6.45) is -0.0590. The summed E-state index contributed by atoms with van der Waals surface area (Å²) in [6, 6.07) is 9.12. The summed E-state index contributed by atoms with van der Waals surface area (Å²) in [7, 11) is 1.60. The first-order chi connectivity index (χ1) is 9.47. The summed E-state index contributed by atoms with van der Waals surface area (Å²) in [5, 5.41) is 9.53. The van der Waals surface area contributed by atoms with Crippen LogP contribution in [0.2, 0.25) is 0 Å². The Morgan fingerprint density at radius 1 is 1.25 bits per heavy atom. The van der Waals surface area contributed by atoms with E-state index in [9.17, 15) is 9.59 Å².